The van der Waals surface area contributed by atoms with Gasteiger partial charge in [0.2, 0.25) is 0 Å². The van der Waals surface area contributed by atoms with Gasteiger partial charge in [0.25, 0.3) is 0 Å². The van der Waals surface area contributed by atoms with Crippen molar-refractivity contribution >= 4 is 0 Å². The van der Waals surface area contributed by atoms with Crippen LogP contribution >= 0.6 is 0 Å². The molecule has 0 aromatic rings. The lowest BCUT2D eigenvalue weighted by Crippen LogP contribution is -2.69. The molecule has 109 heavy (non-hydrogen) atoms. The van der Waals surface area contributed by atoms with E-state index in [1.807, 2.05) is 0 Å². The van der Waals surface area contributed by atoms with E-state index in [2.05, 4.69) is 0 Å². The highest BCUT2D eigenvalue weighted by Crippen LogP contribution is 2.42. The fourth-order valence-electron chi connectivity index (χ4n) is 15.0. The fraction of sp³-hybridized carbons (Fsp3) is 1.00. The van der Waals surface area contributed by atoms with Crippen LogP contribution in [-0.2, 0) is 114 Å². The lowest BCUT2D eigenvalue weighted by atomic mass is 9.95. The van der Waals surface area contributed by atoms with Crippen LogP contribution in [0.25, 0.3) is 0 Å². The molecule has 0 amide bonds. The van der Waals surface area contributed by atoms with Crippen LogP contribution in [0, 0.1) is 0 Å². The lowest BCUT2D eigenvalue weighted by molar-refractivity contribution is -0.408. The topological polar surface area (TPSA) is 652 Å². The first kappa shape index (κ1) is 89.5. The number of nitrogens with two attached hydrogens (primary N) is 1. The molecular formula is C64H111NO44. The van der Waals surface area contributed by atoms with Gasteiger partial charge in [-0.25, -0.2) is 0 Å². The molecule has 10 aliphatic rings. The smallest absolute Gasteiger partial charge is 0.189 e. The van der Waals surface area contributed by atoms with E-state index in [0.29, 0.717) is 0 Å². The molecule has 45 heteroatoms. The summed E-state index contributed by atoms with van der Waals surface area (Å²) in [6.45, 7) is 2.96. The van der Waals surface area contributed by atoms with E-state index in [1.165, 1.54) is 56.1 Å². The Bertz CT molecular complexity index is 2740. The summed E-state index contributed by atoms with van der Waals surface area (Å²) in [7, 11) is 6.39. The summed E-state index contributed by atoms with van der Waals surface area (Å²) in [5, 5.41) is 226. The molecule has 636 valence electrons. The Morgan fingerprint density at radius 1 is 0.220 bits per heavy atom. The molecule has 10 aliphatic heterocycles. The zero-order chi connectivity index (χ0) is 79.8. The van der Waals surface area contributed by atoms with E-state index in [-0.39, 0.29) is 0 Å². The van der Waals surface area contributed by atoms with Gasteiger partial charge in [-0.1, -0.05) is 0 Å². The van der Waals surface area contributed by atoms with Gasteiger partial charge in [0.1, 0.15) is 201 Å². The van der Waals surface area contributed by atoms with Crippen LogP contribution in [0.2, 0.25) is 0 Å². The maximum Gasteiger partial charge on any atom is 0.189 e. The molecule has 22 N–H and O–H groups in total. The third-order valence-corrected chi connectivity index (χ3v) is 21.6. The number of methoxy groups -OCH3 is 5. The highest BCUT2D eigenvalue weighted by molar-refractivity contribution is 5.03. The van der Waals surface area contributed by atoms with E-state index >= 15 is 0 Å². The Hall–Kier alpha value is -1.80. The maximum atomic E-state index is 12.3. The van der Waals surface area contributed by atoms with Crippen LogP contribution in [0.15, 0.2) is 0 Å². The molecule has 0 unspecified atom stereocenters. The summed E-state index contributed by atoms with van der Waals surface area (Å²) in [4.78, 5) is 0. The number of hydrogen-bond donors (Lipinski definition) is 21. The summed E-state index contributed by atoms with van der Waals surface area (Å²) in [5.74, 6) is 0. The van der Waals surface area contributed by atoms with E-state index in [4.69, 9.17) is 119 Å². The Morgan fingerprint density at radius 2 is 0.459 bits per heavy atom. The number of rotatable bonds is 28. The SMILES string of the molecule is COC[C@H]1O[C@H](O[C@H]2O[C@H](CO)[C@@H](O)[C@H](O)[C@H]2O)[C@H](O)[C@@H](O[C@@H]2O[C@@H](C)[C@H](O)[C@@H](O[C@@H]3O[C@H](CO)[C@@H](O)[C@H](O[C@@H]4O[C@@H](C)[C@H](O)[C@@H](O[C@@H]5O[C@@H](C)[C@H](O)[C@@H](O[C@@H]6O[C@H](CO)[C@@H](O)[C@H](O[C@@H]7O[C@@H](C)[C@@H](O)[C@@H](O[C@H]8O[C@H](C)[C@H](N)[C@H](OC)[C@H]8OC)[C@@H]7OC)[C@H]6O)[C@H]5OC)[C@H]4O[C@H]4O[C@H](CO)[C@@H](O)[C@@H]4O)[C@H]3O)[C@H]2O)[C@@H]1O. The predicted octanol–water partition coefficient (Wildman–Crippen LogP) is -13.8. The highest BCUT2D eigenvalue weighted by atomic mass is 16.8. The molecule has 10 heterocycles. The normalized spacial score (nSPS) is 53.7. The van der Waals surface area contributed by atoms with Gasteiger partial charge in [-0.15, -0.1) is 0 Å². The maximum absolute atomic E-state index is 12.3. The first-order valence-corrected chi connectivity index (χ1v) is 35.9. The average molecular weight is 1600 g/mol. The standard InChI is InChI=1S/C64H111NO44/c1-16-26(65)43(87-7)51(88-8)61(91-16)106-49-29(72)19(4)93-62(53(49)90-10)103-45-33(76)24(14-69)99-59(41(45)84)105-48-28(71)18(3)94-63(52(48)89-9)107-50-30(73)20(5)95-64(54(50)108-55-37(80)32(75)22(12-67)96-55)104-46-34(77)23(13-68)98-58(40(46)83)101-44-27(70)17(2)92-57(39(44)82)102-47-35(78)25(15-86-6)100-60(42(47)85)109-56-38(81)36(79)31(74)21(11-66)97-56/h16-64,66-85H,11-15,65H2,1-10H3/t16-,17+,18+,19+,20+,21-,22-,23-,24-,25-,26+,27+,28+,29-,30+,31-,32-,33-,34-,35-,36+,37+,38-,39-,40-,41-,42-,43+,44-,45+,46+,47+,48-,49-,50-,51-,52-,53+,54-,55-,56-,57+,58+,59+,60-,61-,62+,63+,64+/m1/s1. The van der Waals surface area contributed by atoms with Gasteiger partial charge >= 0.3 is 0 Å². The third kappa shape index (κ3) is 18.6. The van der Waals surface area contributed by atoms with Gasteiger partial charge in [0.15, 0.2) is 62.9 Å². The minimum absolute atomic E-state index is 0.415. The van der Waals surface area contributed by atoms with Gasteiger partial charge in [0.05, 0.1) is 69.6 Å². The average Bonchev–Trinajstić information content (AvgIpc) is 1.12. The second-order valence-electron chi connectivity index (χ2n) is 28.6. The molecule has 45 nitrogen and oxygen atoms in total. The zero-order valence-electron chi connectivity index (χ0n) is 61.1. The lowest BCUT2D eigenvalue weighted by Gasteiger charge is -2.51. The van der Waals surface area contributed by atoms with E-state index in [0.717, 1.165) is 7.11 Å². The van der Waals surface area contributed by atoms with Gasteiger partial charge in [-0.3, -0.25) is 0 Å². The van der Waals surface area contributed by atoms with Gasteiger partial charge in [-0.05, 0) is 34.6 Å². The second kappa shape index (κ2) is 38.7. The Labute approximate surface area is 624 Å². The molecular weight excluding hydrogens is 1490 g/mol. The van der Waals surface area contributed by atoms with Crippen molar-refractivity contribution in [2.45, 2.75) is 336 Å². The van der Waals surface area contributed by atoms with Crippen molar-refractivity contribution in [2.75, 3.05) is 68.6 Å². The predicted molar refractivity (Wildman–Crippen MR) is 343 cm³/mol. The molecule has 49 atom stereocenters. The van der Waals surface area contributed by atoms with Crippen molar-refractivity contribution in [3.05, 3.63) is 0 Å². The van der Waals surface area contributed by atoms with Crippen molar-refractivity contribution < 1.29 is 216 Å². The second-order valence-corrected chi connectivity index (χ2v) is 28.6. The van der Waals surface area contributed by atoms with Crippen molar-refractivity contribution in [3.8, 4) is 0 Å². The van der Waals surface area contributed by atoms with Crippen molar-refractivity contribution in [2.24, 2.45) is 5.73 Å². The molecule has 0 bridgehead atoms. The summed E-state index contributed by atoms with van der Waals surface area (Å²) in [6.07, 6.45) is -82.9. The Morgan fingerprint density at radius 3 is 0.853 bits per heavy atom. The molecule has 0 spiro atoms. The minimum Gasteiger partial charge on any atom is -0.394 e. The molecule has 0 aliphatic carbocycles. The highest BCUT2D eigenvalue weighted by Gasteiger charge is 2.62. The molecule has 10 saturated heterocycles. The summed E-state index contributed by atoms with van der Waals surface area (Å²) in [5.41, 5.74) is 6.37. The molecule has 0 radical (unpaired) electrons. The molecule has 0 aromatic heterocycles. The van der Waals surface area contributed by atoms with Crippen LogP contribution < -0.4 is 5.73 Å². The van der Waals surface area contributed by atoms with Crippen LogP contribution in [0.4, 0.5) is 0 Å². The summed E-state index contributed by atoms with van der Waals surface area (Å²) < 4.78 is 143. The Kier molecular flexibility index (Phi) is 31.8. The number of hydrogen-bond acceptors (Lipinski definition) is 45. The van der Waals surface area contributed by atoms with Gasteiger partial charge in [-0.2, -0.15) is 0 Å². The van der Waals surface area contributed by atoms with Crippen molar-refractivity contribution in [1.82, 2.24) is 0 Å². The van der Waals surface area contributed by atoms with E-state index in [9.17, 15) is 102 Å². The van der Waals surface area contributed by atoms with Crippen LogP contribution in [-0.4, -0.2) is 472 Å². The number of aliphatic hydroxyl groups excluding tert-OH is 20. The van der Waals surface area contributed by atoms with Crippen LogP contribution in [0.3, 0.4) is 0 Å². The number of ether oxygens (including phenoxy) is 24. The zero-order valence-corrected chi connectivity index (χ0v) is 61.1. The van der Waals surface area contributed by atoms with Crippen molar-refractivity contribution in [3.63, 3.8) is 0 Å². The fourth-order valence-corrected chi connectivity index (χ4v) is 15.0. The number of aliphatic hydroxyl groups is 20. The monoisotopic (exact) mass is 1600 g/mol. The largest absolute Gasteiger partial charge is 0.394 e. The minimum atomic E-state index is -2.30. The Balaban J connectivity index is 0.876. The molecule has 0 saturated carbocycles. The molecule has 10 rings (SSSR count). The van der Waals surface area contributed by atoms with Gasteiger partial charge < -0.3 is 222 Å². The van der Waals surface area contributed by atoms with Gasteiger partial charge in [0, 0.05) is 35.5 Å². The first-order chi connectivity index (χ1) is 51.8. The quantitative estimate of drug-likeness (QED) is 0.0346. The van der Waals surface area contributed by atoms with Crippen LogP contribution in [0.1, 0.15) is 34.6 Å². The van der Waals surface area contributed by atoms with E-state index < -0.39 is 334 Å². The summed E-state index contributed by atoms with van der Waals surface area (Å²) in [6, 6.07) is -0.654. The molecule has 0 aromatic carbocycles. The first-order valence-electron chi connectivity index (χ1n) is 35.9. The van der Waals surface area contributed by atoms with Crippen LogP contribution in [0.5, 0.6) is 0 Å². The van der Waals surface area contributed by atoms with Crippen molar-refractivity contribution in [1.29, 1.82) is 0 Å². The molecule has 10 fully saturated rings. The summed E-state index contributed by atoms with van der Waals surface area (Å²) >= 11 is 0. The third-order valence-electron chi connectivity index (χ3n) is 21.6. The van der Waals surface area contributed by atoms with E-state index in [1.54, 1.807) is 6.92 Å².